The van der Waals surface area contributed by atoms with Gasteiger partial charge in [-0.25, -0.2) is 0 Å². The van der Waals surface area contributed by atoms with Gasteiger partial charge in [0, 0.05) is 5.70 Å². The molecule has 0 heterocycles. The van der Waals surface area contributed by atoms with Gasteiger partial charge in [-0.2, -0.15) is 0 Å². The van der Waals surface area contributed by atoms with Crippen molar-refractivity contribution in [3.05, 3.63) is 11.3 Å². The van der Waals surface area contributed by atoms with Gasteiger partial charge < -0.3 is 10.1 Å². The molecule has 0 saturated carbocycles. The van der Waals surface area contributed by atoms with Gasteiger partial charge in [0.1, 0.15) is 6.29 Å². The molecule has 0 aliphatic heterocycles. The lowest BCUT2D eigenvalue weighted by Gasteiger charge is -2.12. The fraction of sp³-hybridized carbons (Fsp3) is 0.667. The van der Waals surface area contributed by atoms with Crippen LogP contribution in [0.1, 0.15) is 52.9 Å². The van der Waals surface area contributed by atoms with Crippen molar-refractivity contribution in [3.8, 4) is 0 Å². The van der Waals surface area contributed by atoms with Gasteiger partial charge in [-0.15, -0.1) is 0 Å². The zero-order valence-electron chi connectivity index (χ0n) is 9.93. The lowest BCUT2D eigenvalue weighted by Crippen LogP contribution is -2.23. The Morgan fingerprint density at radius 1 is 1.20 bits per heavy atom. The zero-order chi connectivity index (χ0) is 11.7. The van der Waals surface area contributed by atoms with Gasteiger partial charge in [-0.3, -0.25) is 4.79 Å². The second-order valence-electron chi connectivity index (χ2n) is 3.68. The number of rotatable bonds is 7. The molecule has 3 heteroatoms. The molecule has 0 rings (SSSR count). The quantitative estimate of drug-likeness (QED) is 0.519. The van der Waals surface area contributed by atoms with Crippen LogP contribution in [0, 0.1) is 0 Å². The summed E-state index contributed by atoms with van der Waals surface area (Å²) in [7, 11) is 0. The van der Waals surface area contributed by atoms with Crippen LogP contribution in [0.15, 0.2) is 11.3 Å². The highest BCUT2D eigenvalue weighted by atomic mass is 16.2. The maximum atomic E-state index is 11.3. The summed E-state index contributed by atoms with van der Waals surface area (Å²) in [5.74, 6) is -0.205. The fourth-order valence-electron chi connectivity index (χ4n) is 1.45. The summed E-state index contributed by atoms with van der Waals surface area (Å²) in [6, 6.07) is 0. The molecule has 0 unspecified atom stereocenters. The SMILES string of the molecule is CCC/C(C)=C(\CCC)NC(=O)CC=O. The smallest absolute Gasteiger partial charge is 0.231 e. The van der Waals surface area contributed by atoms with Gasteiger partial charge >= 0.3 is 0 Å². The molecule has 0 bridgehead atoms. The maximum absolute atomic E-state index is 11.3. The molecule has 0 saturated heterocycles. The van der Waals surface area contributed by atoms with Crippen LogP contribution in [0.3, 0.4) is 0 Å². The van der Waals surface area contributed by atoms with E-state index in [4.69, 9.17) is 0 Å². The minimum absolute atomic E-state index is 0.0490. The van der Waals surface area contributed by atoms with Crippen LogP contribution in [-0.4, -0.2) is 12.2 Å². The minimum Gasteiger partial charge on any atom is -0.329 e. The van der Waals surface area contributed by atoms with E-state index in [-0.39, 0.29) is 12.3 Å². The van der Waals surface area contributed by atoms with Crippen LogP contribution < -0.4 is 5.32 Å². The standard InChI is InChI=1S/C12H21NO2/c1-4-6-10(3)11(7-5-2)13-12(15)8-9-14/h9H,4-8H2,1-3H3,(H,13,15)/b11-10+. The Labute approximate surface area is 91.9 Å². The Morgan fingerprint density at radius 2 is 1.80 bits per heavy atom. The van der Waals surface area contributed by atoms with E-state index in [0.717, 1.165) is 31.4 Å². The van der Waals surface area contributed by atoms with Crippen LogP contribution in [0.2, 0.25) is 0 Å². The van der Waals surface area contributed by atoms with Gasteiger partial charge in [-0.05, 0) is 19.8 Å². The molecule has 0 atom stereocenters. The van der Waals surface area contributed by atoms with E-state index >= 15 is 0 Å². The third-order valence-corrected chi connectivity index (χ3v) is 2.20. The van der Waals surface area contributed by atoms with Gasteiger partial charge in [0.25, 0.3) is 0 Å². The second kappa shape index (κ2) is 8.21. The van der Waals surface area contributed by atoms with Gasteiger partial charge in [-0.1, -0.05) is 32.3 Å². The number of carbonyl (C=O) groups excluding carboxylic acids is 2. The third-order valence-electron chi connectivity index (χ3n) is 2.20. The predicted molar refractivity (Wildman–Crippen MR) is 61.3 cm³/mol. The highest BCUT2D eigenvalue weighted by molar-refractivity contribution is 5.89. The molecule has 1 amide bonds. The van der Waals surface area contributed by atoms with E-state index in [2.05, 4.69) is 19.2 Å². The topological polar surface area (TPSA) is 46.2 Å². The second-order valence-corrected chi connectivity index (χ2v) is 3.68. The molecule has 0 aliphatic rings. The van der Waals surface area contributed by atoms with Crippen molar-refractivity contribution in [1.82, 2.24) is 5.32 Å². The van der Waals surface area contributed by atoms with Crippen molar-refractivity contribution >= 4 is 12.2 Å². The Balaban J connectivity index is 4.44. The summed E-state index contributed by atoms with van der Waals surface area (Å²) in [6.07, 6.45) is 4.52. The number of aldehydes is 1. The Hall–Kier alpha value is -1.12. The van der Waals surface area contributed by atoms with Crippen LogP contribution in [0.25, 0.3) is 0 Å². The van der Waals surface area contributed by atoms with Crippen molar-refractivity contribution in [2.75, 3.05) is 0 Å². The summed E-state index contributed by atoms with van der Waals surface area (Å²) >= 11 is 0. The predicted octanol–water partition coefficient (Wildman–Crippen LogP) is 2.57. The van der Waals surface area contributed by atoms with Crippen LogP contribution in [0.4, 0.5) is 0 Å². The highest BCUT2D eigenvalue weighted by Gasteiger charge is 2.06. The molecule has 86 valence electrons. The molecular formula is C12H21NO2. The number of amides is 1. The zero-order valence-corrected chi connectivity index (χ0v) is 9.93. The first-order valence-corrected chi connectivity index (χ1v) is 5.57. The molecular weight excluding hydrogens is 190 g/mol. The fourth-order valence-corrected chi connectivity index (χ4v) is 1.45. The molecule has 0 spiro atoms. The highest BCUT2D eigenvalue weighted by Crippen LogP contribution is 2.13. The Kier molecular flexibility index (Phi) is 7.60. The molecule has 0 radical (unpaired) electrons. The molecule has 0 aromatic heterocycles. The van der Waals surface area contributed by atoms with E-state index in [1.165, 1.54) is 5.57 Å². The molecule has 0 fully saturated rings. The van der Waals surface area contributed by atoms with E-state index < -0.39 is 0 Å². The molecule has 3 nitrogen and oxygen atoms in total. The third kappa shape index (κ3) is 6.05. The number of hydrogen-bond acceptors (Lipinski definition) is 2. The van der Waals surface area contributed by atoms with Crippen LogP contribution in [0.5, 0.6) is 0 Å². The van der Waals surface area contributed by atoms with Crippen LogP contribution >= 0.6 is 0 Å². The molecule has 0 aromatic carbocycles. The van der Waals surface area contributed by atoms with E-state index in [1.807, 2.05) is 6.92 Å². The van der Waals surface area contributed by atoms with Crippen molar-refractivity contribution in [2.24, 2.45) is 0 Å². The average Bonchev–Trinajstić information content (AvgIpc) is 2.18. The van der Waals surface area contributed by atoms with Crippen molar-refractivity contribution in [3.63, 3.8) is 0 Å². The lowest BCUT2D eigenvalue weighted by atomic mass is 10.1. The number of allylic oxidation sites excluding steroid dienone is 2. The van der Waals surface area contributed by atoms with Crippen molar-refractivity contribution in [1.29, 1.82) is 0 Å². The molecule has 0 aliphatic carbocycles. The Bertz CT molecular complexity index is 244. The number of carbonyl (C=O) groups is 2. The molecule has 0 aromatic rings. The first-order valence-electron chi connectivity index (χ1n) is 5.57. The first-order chi connectivity index (χ1) is 7.15. The van der Waals surface area contributed by atoms with E-state index in [9.17, 15) is 9.59 Å². The maximum Gasteiger partial charge on any atom is 0.231 e. The molecule has 15 heavy (non-hydrogen) atoms. The minimum atomic E-state index is -0.205. The van der Waals surface area contributed by atoms with Crippen LogP contribution in [-0.2, 0) is 9.59 Å². The Morgan fingerprint density at radius 3 is 2.27 bits per heavy atom. The lowest BCUT2D eigenvalue weighted by molar-refractivity contribution is -0.123. The monoisotopic (exact) mass is 211 g/mol. The van der Waals surface area contributed by atoms with Crippen molar-refractivity contribution < 1.29 is 9.59 Å². The first kappa shape index (κ1) is 13.9. The normalized spacial score (nSPS) is 11.9. The summed E-state index contributed by atoms with van der Waals surface area (Å²) in [6.45, 7) is 6.22. The summed E-state index contributed by atoms with van der Waals surface area (Å²) in [4.78, 5) is 21.4. The summed E-state index contributed by atoms with van der Waals surface area (Å²) < 4.78 is 0. The van der Waals surface area contributed by atoms with Gasteiger partial charge in [0.05, 0.1) is 6.42 Å². The largest absolute Gasteiger partial charge is 0.329 e. The number of hydrogen-bond donors (Lipinski definition) is 1. The van der Waals surface area contributed by atoms with E-state index in [1.54, 1.807) is 0 Å². The van der Waals surface area contributed by atoms with Crippen molar-refractivity contribution in [2.45, 2.75) is 52.9 Å². The van der Waals surface area contributed by atoms with E-state index in [0.29, 0.717) is 6.29 Å². The number of nitrogens with one attached hydrogen (secondary N) is 1. The summed E-state index contributed by atoms with van der Waals surface area (Å²) in [5, 5.41) is 2.81. The van der Waals surface area contributed by atoms with Gasteiger partial charge in [0.15, 0.2) is 0 Å². The van der Waals surface area contributed by atoms with Gasteiger partial charge in [0.2, 0.25) is 5.91 Å². The average molecular weight is 211 g/mol. The summed E-state index contributed by atoms with van der Waals surface area (Å²) in [5.41, 5.74) is 2.21. The molecule has 1 N–H and O–H groups in total.